The zero-order valence-electron chi connectivity index (χ0n) is 11.5. The van der Waals surface area contributed by atoms with Crippen LogP contribution in [0.2, 0.25) is 0 Å². The van der Waals surface area contributed by atoms with E-state index < -0.39 is 17.4 Å². The van der Waals surface area contributed by atoms with Crippen molar-refractivity contribution in [3.63, 3.8) is 0 Å². The monoisotopic (exact) mass is 319 g/mol. The number of amides is 1. The maximum Gasteiger partial charge on any atom is 0.330 e. The summed E-state index contributed by atoms with van der Waals surface area (Å²) in [4.78, 5) is 31.6. The highest BCUT2D eigenvalue weighted by Crippen LogP contribution is 2.28. The van der Waals surface area contributed by atoms with Crippen molar-refractivity contribution in [1.29, 1.82) is 0 Å². The average molecular weight is 319 g/mol. The Morgan fingerprint density at radius 1 is 1.41 bits per heavy atom. The molecule has 1 aliphatic rings. The Morgan fingerprint density at radius 2 is 2.27 bits per heavy atom. The van der Waals surface area contributed by atoms with Crippen LogP contribution >= 0.6 is 11.8 Å². The number of carboxylic acid groups (broad SMARTS) is 1. The van der Waals surface area contributed by atoms with E-state index in [0.29, 0.717) is 23.6 Å². The van der Waals surface area contributed by atoms with Crippen LogP contribution in [0.1, 0.15) is 16.8 Å². The van der Waals surface area contributed by atoms with Gasteiger partial charge in [0.05, 0.1) is 5.56 Å². The lowest BCUT2D eigenvalue weighted by molar-refractivity contribution is -0.143. The number of carbonyl (C=O) groups is 2. The maximum absolute atomic E-state index is 12.2. The fraction of sp³-hybridized carbons (Fsp3) is 0.308. The number of aliphatic carboxylic acids is 1. The summed E-state index contributed by atoms with van der Waals surface area (Å²) in [5, 5.41) is 15.9. The molecule has 0 spiro atoms. The first-order valence-electron chi connectivity index (χ1n) is 6.55. The molecule has 114 valence electrons. The van der Waals surface area contributed by atoms with Gasteiger partial charge in [-0.25, -0.2) is 19.4 Å². The van der Waals surface area contributed by atoms with E-state index >= 15 is 0 Å². The predicted octanol–water partition coefficient (Wildman–Crippen LogP) is 0.352. The molecular formula is C13H13N5O3S. The molecule has 0 aromatic carbocycles. The molecule has 1 amide bonds. The lowest BCUT2D eigenvalue weighted by Gasteiger charge is -2.24. The fourth-order valence-electron chi connectivity index (χ4n) is 2.16. The summed E-state index contributed by atoms with van der Waals surface area (Å²) >= 11 is 1.52. The number of thioether (sulfide) groups is 1. The van der Waals surface area contributed by atoms with Gasteiger partial charge >= 0.3 is 5.97 Å². The van der Waals surface area contributed by atoms with Crippen molar-refractivity contribution in [2.45, 2.75) is 12.0 Å². The molecule has 1 saturated heterocycles. The zero-order chi connectivity index (χ0) is 15.6. The normalized spacial score (nSPS) is 20.7. The maximum atomic E-state index is 12.2. The van der Waals surface area contributed by atoms with Crippen LogP contribution in [0.5, 0.6) is 0 Å². The molecule has 8 nitrogen and oxygen atoms in total. The van der Waals surface area contributed by atoms with Crippen LogP contribution in [-0.2, 0) is 4.79 Å². The Morgan fingerprint density at radius 3 is 2.82 bits per heavy atom. The third-order valence-corrected chi connectivity index (χ3v) is 4.64. The van der Waals surface area contributed by atoms with Crippen LogP contribution in [0, 0.1) is 0 Å². The van der Waals surface area contributed by atoms with Gasteiger partial charge in [-0.05, 0) is 24.3 Å². The standard InChI is InChI=1S/C13H13N5O3S/c19-11(17-13(12(20)21)3-4-22-6-13)9-1-2-10(15-5-9)18-8-14-7-16-18/h1-2,5,7-8H,3-4,6H2,(H,17,19)(H,20,21). The molecule has 0 aliphatic carbocycles. The minimum atomic E-state index is -1.19. The van der Waals surface area contributed by atoms with Gasteiger partial charge in [0.1, 0.15) is 18.2 Å². The molecule has 1 aliphatic heterocycles. The summed E-state index contributed by atoms with van der Waals surface area (Å²) in [6.45, 7) is 0. The number of carbonyl (C=O) groups excluding carboxylic acids is 1. The van der Waals surface area contributed by atoms with Crippen LogP contribution < -0.4 is 5.32 Å². The highest BCUT2D eigenvalue weighted by atomic mass is 32.2. The van der Waals surface area contributed by atoms with Crippen LogP contribution in [0.25, 0.3) is 5.82 Å². The Labute approximate surface area is 130 Å². The number of aromatic nitrogens is 4. The molecule has 2 N–H and O–H groups in total. The Bertz CT molecular complexity index is 680. The van der Waals surface area contributed by atoms with Gasteiger partial charge in [-0.3, -0.25) is 4.79 Å². The van der Waals surface area contributed by atoms with Crippen LogP contribution in [0.3, 0.4) is 0 Å². The molecule has 3 heterocycles. The number of nitrogens with one attached hydrogen (secondary N) is 1. The van der Waals surface area contributed by atoms with Crippen LogP contribution in [0.15, 0.2) is 31.0 Å². The number of hydrogen-bond donors (Lipinski definition) is 2. The summed E-state index contributed by atoms with van der Waals surface area (Å²) in [6.07, 6.45) is 4.70. The van der Waals surface area contributed by atoms with Crippen LogP contribution in [-0.4, -0.2) is 53.8 Å². The first kappa shape index (κ1) is 14.5. The second-order valence-electron chi connectivity index (χ2n) is 4.89. The van der Waals surface area contributed by atoms with Crippen molar-refractivity contribution in [1.82, 2.24) is 25.1 Å². The van der Waals surface area contributed by atoms with Gasteiger partial charge in [0, 0.05) is 11.9 Å². The largest absolute Gasteiger partial charge is 0.479 e. The summed E-state index contributed by atoms with van der Waals surface area (Å²) < 4.78 is 1.47. The van der Waals surface area contributed by atoms with Crippen molar-refractivity contribution < 1.29 is 14.7 Å². The van der Waals surface area contributed by atoms with Gasteiger partial charge < -0.3 is 10.4 Å². The summed E-state index contributed by atoms with van der Waals surface area (Å²) in [5.41, 5.74) is -0.881. The van der Waals surface area contributed by atoms with E-state index in [-0.39, 0.29) is 0 Å². The predicted molar refractivity (Wildman–Crippen MR) is 78.9 cm³/mol. The van der Waals surface area contributed by atoms with Gasteiger partial charge in [0.15, 0.2) is 5.82 Å². The van der Waals surface area contributed by atoms with Gasteiger partial charge in [-0.2, -0.15) is 16.9 Å². The Balaban J connectivity index is 1.76. The van der Waals surface area contributed by atoms with Gasteiger partial charge in [-0.15, -0.1) is 0 Å². The highest BCUT2D eigenvalue weighted by Gasteiger charge is 2.43. The number of pyridine rings is 1. The first-order valence-corrected chi connectivity index (χ1v) is 7.71. The minimum Gasteiger partial charge on any atom is -0.479 e. The smallest absolute Gasteiger partial charge is 0.330 e. The highest BCUT2D eigenvalue weighted by molar-refractivity contribution is 7.99. The molecule has 1 unspecified atom stereocenters. The van der Waals surface area contributed by atoms with E-state index in [9.17, 15) is 14.7 Å². The molecule has 0 saturated carbocycles. The lowest BCUT2D eigenvalue weighted by Crippen LogP contribution is -2.54. The average Bonchev–Trinajstić information content (AvgIpc) is 3.19. The van der Waals surface area contributed by atoms with E-state index in [1.807, 2.05) is 0 Å². The molecule has 2 aromatic heterocycles. The van der Waals surface area contributed by atoms with Crippen molar-refractivity contribution in [3.05, 3.63) is 36.5 Å². The summed E-state index contributed by atoms with van der Waals surface area (Å²) in [5.74, 6) is 0.174. The molecular weight excluding hydrogens is 306 g/mol. The Hall–Kier alpha value is -2.42. The minimum absolute atomic E-state index is 0.307. The molecule has 2 aromatic rings. The molecule has 0 radical (unpaired) electrons. The molecule has 22 heavy (non-hydrogen) atoms. The molecule has 0 bridgehead atoms. The topological polar surface area (TPSA) is 110 Å². The second-order valence-corrected chi connectivity index (χ2v) is 5.99. The van der Waals surface area contributed by atoms with E-state index in [4.69, 9.17) is 0 Å². The van der Waals surface area contributed by atoms with E-state index in [1.165, 1.54) is 35.3 Å². The van der Waals surface area contributed by atoms with E-state index in [0.717, 1.165) is 5.75 Å². The zero-order valence-corrected chi connectivity index (χ0v) is 12.3. The first-order chi connectivity index (χ1) is 10.6. The van der Waals surface area contributed by atoms with Crippen molar-refractivity contribution >= 4 is 23.6 Å². The molecule has 1 atom stereocenters. The fourth-order valence-corrected chi connectivity index (χ4v) is 3.48. The third kappa shape index (κ3) is 2.67. The van der Waals surface area contributed by atoms with Crippen molar-refractivity contribution in [3.8, 4) is 5.82 Å². The van der Waals surface area contributed by atoms with Crippen LogP contribution in [0.4, 0.5) is 0 Å². The molecule has 9 heteroatoms. The number of nitrogens with zero attached hydrogens (tertiary/aromatic N) is 4. The third-order valence-electron chi connectivity index (χ3n) is 3.45. The summed E-state index contributed by atoms with van der Waals surface area (Å²) in [7, 11) is 0. The van der Waals surface area contributed by atoms with Gasteiger partial charge in [0.25, 0.3) is 5.91 Å². The van der Waals surface area contributed by atoms with E-state index in [2.05, 4.69) is 20.4 Å². The van der Waals surface area contributed by atoms with Crippen molar-refractivity contribution in [2.24, 2.45) is 0 Å². The Kier molecular flexibility index (Phi) is 3.80. The van der Waals surface area contributed by atoms with Gasteiger partial charge in [0.2, 0.25) is 0 Å². The quantitative estimate of drug-likeness (QED) is 0.836. The second kappa shape index (κ2) is 5.76. The lowest BCUT2D eigenvalue weighted by atomic mass is 9.98. The molecule has 3 rings (SSSR count). The SMILES string of the molecule is O=C(NC1(C(=O)O)CCSC1)c1ccc(-n2cncn2)nc1. The van der Waals surface area contributed by atoms with E-state index in [1.54, 1.807) is 12.1 Å². The number of hydrogen-bond acceptors (Lipinski definition) is 6. The number of rotatable bonds is 4. The number of carboxylic acids is 1. The molecule has 1 fully saturated rings. The summed E-state index contributed by atoms with van der Waals surface area (Å²) in [6, 6.07) is 3.21. The van der Waals surface area contributed by atoms with Crippen molar-refractivity contribution in [2.75, 3.05) is 11.5 Å². The van der Waals surface area contributed by atoms with Gasteiger partial charge in [-0.1, -0.05) is 0 Å².